The lowest BCUT2D eigenvalue weighted by Crippen LogP contribution is -2.30. The van der Waals surface area contributed by atoms with E-state index >= 15 is 0 Å². The second-order valence-electron chi connectivity index (χ2n) is 4.87. The Morgan fingerprint density at radius 2 is 2.41 bits per heavy atom. The molecule has 0 amide bonds. The van der Waals surface area contributed by atoms with Gasteiger partial charge in [-0.2, -0.15) is 0 Å². The van der Waals surface area contributed by atoms with E-state index in [0.717, 1.165) is 26.3 Å². The molecule has 1 fully saturated rings. The van der Waals surface area contributed by atoms with Crippen LogP contribution in [-0.4, -0.2) is 36.7 Å². The van der Waals surface area contributed by atoms with Crippen LogP contribution in [0.3, 0.4) is 0 Å². The Morgan fingerprint density at radius 1 is 1.53 bits per heavy atom. The van der Waals surface area contributed by atoms with Gasteiger partial charge >= 0.3 is 0 Å². The van der Waals surface area contributed by atoms with Crippen molar-refractivity contribution in [3.05, 3.63) is 23.9 Å². The molecule has 2 rings (SSSR count). The van der Waals surface area contributed by atoms with Crippen molar-refractivity contribution in [1.29, 1.82) is 0 Å². The van der Waals surface area contributed by atoms with Gasteiger partial charge in [-0.25, -0.2) is 4.98 Å². The Balaban J connectivity index is 1.79. The Hall–Kier alpha value is -1.13. The van der Waals surface area contributed by atoms with Gasteiger partial charge < -0.3 is 15.4 Å². The number of hydrogen-bond donors (Lipinski definition) is 1. The van der Waals surface area contributed by atoms with Gasteiger partial charge in [-0.3, -0.25) is 0 Å². The molecule has 1 aliphatic rings. The number of aromatic nitrogens is 1. The maximum Gasteiger partial charge on any atom is 0.123 e. The summed E-state index contributed by atoms with van der Waals surface area (Å²) in [5.41, 5.74) is 6.77. The van der Waals surface area contributed by atoms with Gasteiger partial charge in [-0.05, 0) is 37.4 Å². The molecule has 1 aliphatic heterocycles. The highest BCUT2D eigenvalue weighted by Gasteiger charge is 2.15. The van der Waals surface area contributed by atoms with Crippen LogP contribution in [0.25, 0.3) is 0 Å². The number of nitrogens with two attached hydrogens (primary N) is 1. The minimum atomic E-state index is 0.581. The molecule has 0 bridgehead atoms. The number of nitrogen functional groups attached to an aromatic ring is 1. The Kier molecular flexibility index (Phi) is 4.34. The van der Waals surface area contributed by atoms with Gasteiger partial charge in [0.1, 0.15) is 5.82 Å². The highest BCUT2D eigenvalue weighted by molar-refractivity contribution is 5.29. The quantitative estimate of drug-likeness (QED) is 0.859. The highest BCUT2D eigenvalue weighted by atomic mass is 16.5. The smallest absolute Gasteiger partial charge is 0.123 e. The van der Waals surface area contributed by atoms with E-state index in [1.807, 2.05) is 18.3 Å². The molecule has 1 unspecified atom stereocenters. The van der Waals surface area contributed by atoms with E-state index < -0.39 is 0 Å². The molecule has 4 nitrogen and oxygen atoms in total. The SMILES string of the molecule is CN(Cc1ccc(N)nc1)CC1CCCOC1. The van der Waals surface area contributed by atoms with Crippen LogP contribution < -0.4 is 5.73 Å². The molecule has 0 spiro atoms. The van der Waals surface area contributed by atoms with Crippen LogP contribution in [0.2, 0.25) is 0 Å². The summed E-state index contributed by atoms with van der Waals surface area (Å²) >= 11 is 0. The van der Waals surface area contributed by atoms with E-state index in [2.05, 4.69) is 16.9 Å². The van der Waals surface area contributed by atoms with Crippen LogP contribution in [0.15, 0.2) is 18.3 Å². The summed E-state index contributed by atoms with van der Waals surface area (Å²) in [5, 5.41) is 0. The zero-order valence-electron chi connectivity index (χ0n) is 10.4. The van der Waals surface area contributed by atoms with Crippen molar-refractivity contribution in [3.8, 4) is 0 Å². The van der Waals surface area contributed by atoms with Crippen molar-refractivity contribution in [2.45, 2.75) is 19.4 Å². The Bertz CT molecular complexity index is 333. The van der Waals surface area contributed by atoms with Crippen molar-refractivity contribution in [1.82, 2.24) is 9.88 Å². The first-order chi connectivity index (χ1) is 8.24. The molecule has 1 aromatic heterocycles. The van der Waals surface area contributed by atoms with Gasteiger partial charge in [0.2, 0.25) is 0 Å². The van der Waals surface area contributed by atoms with Crippen LogP contribution in [-0.2, 0) is 11.3 Å². The van der Waals surface area contributed by atoms with Gasteiger partial charge in [-0.1, -0.05) is 6.07 Å². The van der Waals surface area contributed by atoms with Crippen LogP contribution in [0.4, 0.5) is 5.82 Å². The van der Waals surface area contributed by atoms with Crippen LogP contribution in [0.1, 0.15) is 18.4 Å². The second-order valence-corrected chi connectivity index (χ2v) is 4.87. The monoisotopic (exact) mass is 235 g/mol. The van der Waals surface area contributed by atoms with Gasteiger partial charge in [-0.15, -0.1) is 0 Å². The topological polar surface area (TPSA) is 51.4 Å². The predicted molar refractivity (Wildman–Crippen MR) is 68.5 cm³/mol. The van der Waals surface area contributed by atoms with Gasteiger partial charge in [0.15, 0.2) is 0 Å². The van der Waals surface area contributed by atoms with Crippen molar-refractivity contribution >= 4 is 5.82 Å². The zero-order chi connectivity index (χ0) is 12.1. The van der Waals surface area contributed by atoms with Gasteiger partial charge in [0.25, 0.3) is 0 Å². The molecule has 94 valence electrons. The molecule has 0 aliphatic carbocycles. The number of hydrogen-bond acceptors (Lipinski definition) is 4. The molecule has 0 radical (unpaired) electrons. The lowest BCUT2D eigenvalue weighted by Gasteiger charge is -2.27. The van der Waals surface area contributed by atoms with E-state index in [9.17, 15) is 0 Å². The summed E-state index contributed by atoms with van der Waals surface area (Å²) in [6, 6.07) is 3.89. The summed E-state index contributed by atoms with van der Waals surface area (Å²) in [5.74, 6) is 1.26. The normalized spacial score (nSPS) is 20.7. The lowest BCUT2D eigenvalue weighted by molar-refractivity contribution is 0.0411. The molecule has 17 heavy (non-hydrogen) atoms. The summed E-state index contributed by atoms with van der Waals surface area (Å²) in [6.07, 6.45) is 4.33. The Morgan fingerprint density at radius 3 is 3.06 bits per heavy atom. The molecule has 0 saturated carbocycles. The molecule has 1 aromatic rings. The number of nitrogens with zero attached hydrogens (tertiary/aromatic N) is 2. The first-order valence-electron chi connectivity index (χ1n) is 6.21. The standard InChI is InChI=1S/C13H21N3O/c1-16(9-12-3-2-6-17-10-12)8-11-4-5-13(14)15-7-11/h4-5,7,12H,2-3,6,8-10H2,1H3,(H2,14,15). The minimum Gasteiger partial charge on any atom is -0.384 e. The number of anilines is 1. The first kappa shape index (κ1) is 12.3. The summed E-state index contributed by atoms with van der Waals surface area (Å²) in [4.78, 5) is 6.43. The maximum absolute atomic E-state index is 5.57. The van der Waals surface area contributed by atoms with Crippen LogP contribution >= 0.6 is 0 Å². The molecule has 2 N–H and O–H groups in total. The average Bonchev–Trinajstić information content (AvgIpc) is 2.33. The summed E-state index contributed by atoms with van der Waals surface area (Å²) in [7, 11) is 2.14. The second kappa shape index (κ2) is 5.98. The number of ether oxygens (including phenoxy) is 1. The first-order valence-corrected chi connectivity index (χ1v) is 6.21. The third-order valence-electron chi connectivity index (χ3n) is 3.12. The van der Waals surface area contributed by atoms with Crippen molar-refractivity contribution < 1.29 is 4.74 Å². The van der Waals surface area contributed by atoms with Crippen molar-refractivity contribution in [2.24, 2.45) is 5.92 Å². The number of rotatable bonds is 4. The van der Waals surface area contributed by atoms with E-state index in [-0.39, 0.29) is 0 Å². The average molecular weight is 235 g/mol. The van der Waals surface area contributed by atoms with Crippen LogP contribution in [0, 0.1) is 5.92 Å². The van der Waals surface area contributed by atoms with Gasteiger partial charge in [0.05, 0.1) is 6.61 Å². The third kappa shape index (κ3) is 3.98. The van der Waals surface area contributed by atoms with Gasteiger partial charge in [0, 0.05) is 25.9 Å². The molecule has 4 heteroatoms. The van der Waals surface area contributed by atoms with E-state index in [4.69, 9.17) is 10.5 Å². The fourth-order valence-corrected chi connectivity index (χ4v) is 2.30. The summed E-state index contributed by atoms with van der Waals surface area (Å²) in [6.45, 7) is 3.85. The molecular weight excluding hydrogens is 214 g/mol. The molecule has 1 atom stereocenters. The zero-order valence-corrected chi connectivity index (χ0v) is 10.4. The van der Waals surface area contributed by atoms with E-state index in [0.29, 0.717) is 11.7 Å². The Labute approximate surface area is 103 Å². The largest absolute Gasteiger partial charge is 0.384 e. The summed E-state index contributed by atoms with van der Waals surface area (Å²) < 4.78 is 5.49. The molecule has 1 saturated heterocycles. The fraction of sp³-hybridized carbons (Fsp3) is 0.615. The lowest BCUT2D eigenvalue weighted by atomic mass is 10.0. The predicted octanol–water partition coefficient (Wildman–Crippen LogP) is 1.52. The number of pyridine rings is 1. The highest BCUT2D eigenvalue weighted by Crippen LogP contribution is 2.15. The minimum absolute atomic E-state index is 0.581. The maximum atomic E-state index is 5.57. The molecule has 0 aromatic carbocycles. The van der Waals surface area contributed by atoms with Crippen molar-refractivity contribution in [2.75, 3.05) is 32.5 Å². The molecular formula is C13H21N3O. The third-order valence-corrected chi connectivity index (χ3v) is 3.12. The van der Waals surface area contributed by atoms with E-state index in [1.54, 1.807) is 0 Å². The van der Waals surface area contributed by atoms with Crippen molar-refractivity contribution in [3.63, 3.8) is 0 Å². The van der Waals surface area contributed by atoms with Crippen LogP contribution in [0.5, 0.6) is 0 Å². The van der Waals surface area contributed by atoms with E-state index in [1.165, 1.54) is 18.4 Å². The molecule has 2 heterocycles. The fourth-order valence-electron chi connectivity index (χ4n) is 2.30.